The van der Waals surface area contributed by atoms with Gasteiger partial charge in [0, 0.05) is 23.4 Å². The van der Waals surface area contributed by atoms with E-state index in [1.54, 1.807) is 24.3 Å². The topological polar surface area (TPSA) is 85.4 Å². The zero-order valence-electron chi connectivity index (χ0n) is 14.4. The third-order valence-electron chi connectivity index (χ3n) is 4.03. The van der Waals surface area contributed by atoms with Crippen molar-refractivity contribution in [2.24, 2.45) is 0 Å². The largest absolute Gasteiger partial charge is 0.451 e. The average Bonchev–Trinajstić information content (AvgIpc) is 3.12. The fourth-order valence-electron chi connectivity index (χ4n) is 2.51. The van der Waals surface area contributed by atoms with E-state index in [9.17, 15) is 14.9 Å². The molecule has 3 rings (SSSR count). The van der Waals surface area contributed by atoms with Crippen LogP contribution in [0.25, 0.3) is 11.3 Å². The maximum Gasteiger partial charge on any atom is 0.291 e. The van der Waals surface area contributed by atoms with Crippen molar-refractivity contribution in [3.05, 3.63) is 82.1 Å². The molecule has 0 unspecified atom stereocenters. The summed E-state index contributed by atoms with van der Waals surface area (Å²) in [4.78, 5) is 22.6. The zero-order valence-corrected chi connectivity index (χ0v) is 14.4. The van der Waals surface area contributed by atoms with Crippen molar-refractivity contribution >= 4 is 17.3 Å². The second kappa shape index (κ2) is 7.23. The summed E-state index contributed by atoms with van der Waals surface area (Å²) in [5.41, 5.74) is 2.55. The molecule has 1 heterocycles. The first kappa shape index (κ1) is 17.4. The molecule has 0 saturated heterocycles. The smallest absolute Gasteiger partial charge is 0.291 e. The lowest BCUT2D eigenvalue weighted by Gasteiger charge is -2.07. The van der Waals surface area contributed by atoms with Crippen molar-refractivity contribution < 1.29 is 14.1 Å². The van der Waals surface area contributed by atoms with Gasteiger partial charge < -0.3 is 9.73 Å². The van der Waals surface area contributed by atoms with Gasteiger partial charge in [0.05, 0.1) is 4.92 Å². The molecule has 0 aliphatic rings. The molecular weight excluding hydrogens is 332 g/mol. The minimum atomic E-state index is -0.463. The van der Waals surface area contributed by atoms with E-state index >= 15 is 0 Å². The summed E-state index contributed by atoms with van der Waals surface area (Å²) in [5, 5.41) is 13.5. The first-order valence-corrected chi connectivity index (χ1v) is 8.20. The van der Waals surface area contributed by atoms with E-state index in [2.05, 4.69) is 19.2 Å². The summed E-state index contributed by atoms with van der Waals surface area (Å²) >= 11 is 0. The van der Waals surface area contributed by atoms with Crippen LogP contribution in [0.5, 0.6) is 0 Å². The van der Waals surface area contributed by atoms with Gasteiger partial charge in [-0.3, -0.25) is 14.9 Å². The van der Waals surface area contributed by atoms with Crippen LogP contribution in [0.2, 0.25) is 0 Å². The monoisotopic (exact) mass is 350 g/mol. The van der Waals surface area contributed by atoms with Crippen LogP contribution in [0.15, 0.2) is 65.1 Å². The highest BCUT2D eigenvalue weighted by atomic mass is 16.6. The number of benzene rings is 2. The van der Waals surface area contributed by atoms with Gasteiger partial charge in [-0.1, -0.05) is 26.0 Å². The molecule has 6 heteroatoms. The predicted octanol–water partition coefficient (Wildman–Crippen LogP) is 5.23. The Morgan fingerprint density at radius 1 is 1.00 bits per heavy atom. The van der Waals surface area contributed by atoms with Gasteiger partial charge in [-0.15, -0.1) is 0 Å². The summed E-state index contributed by atoms with van der Waals surface area (Å²) < 4.78 is 5.58. The second-order valence-corrected chi connectivity index (χ2v) is 6.20. The Bertz CT molecular complexity index is 925. The van der Waals surface area contributed by atoms with Crippen molar-refractivity contribution in [3.63, 3.8) is 0 Å². The summed E-state index contributed by atoms with van der Waals surface area (Å²) in [6, 6.07) is 16.9. The van der Waals surface area contributed by atoms with E-state index in [1.807, 2.05) is 24.3 Å². The standard InChI is InChI=1S/C20H18N2O4/c1-13(2)14-3-7-16(8-4-14)21-20(23)19-12-11-18(26-19)15-5-9-17(10-6-15)22(24)25/h3-13H,1-2H3,(H,21,23). The second-order valence-electron chi connectivity index (χ2n) is 6.20. The molecule has 132 valence electrons. The van der Waals surface area contributed by atoms with Crippen LogP contribution in [0.3, 0.4) is 0 Å². The fourth-order valence-corrected chi connectivity index (χ4v) is 2.51. The zero-order chi connectivity index (χ0) is 18.7. The lowest BCUT2D eigenvalue weighted by molar-refractivity contribution is -0.384. The summed E-state index contributed by atoms with van der Waals surface area (Å²) in [5.74, 6) is 0.719. The molecule has 0 aliphatic carbocycles. The highest BCUT2D eigenvalue weighted by Crippen LogP contribution is 2.25. The number of nitrogens with one attached hydrogen (secondary N) is 1. The molecule has 0 saturated carbocycles. The van der Waals surface area contributed by atoms with Gasteiger partial charge in [0.25, 0.3) is 11.6 Å². The van der Waals surface area contributed by atoms with Gasteiger partial charge in [0.1, 0.15) is 5.76 Å². The Morgan fingerprint density at radius 3 is 2.23 bits per heavy atom. The van der Waals surface area contributed by atoms with E-state index in [1.165, 1.54) is 17.7 Å². The maximum atomic E-state index is 12.3. The molecule has 26 heavy (non-hydrogen) atoms. The van der Waals surface area contributed by atoms with Crippen molar-refractivity contribution in [3.8, 4) is 11.3 Å². The molecule has 3 aromatic rings. The normalized spacial score (nSPS) is 10.7. The third-order valence-corrected chi connectivity index (χ3v) is 4.03. The third kappa shape index (κ3) is 3.80. The number of furan rings is 1. The molecule has 0 aliphatic heterocycles. The van der Waals surface area contributed by atoms with Gasteiger partial charge in [-0.05, 0) is 47.9 Å². The van der Waals surface area contributed by atoms with E-state index in [0.29, 0.717) is 22.9 Å². The number of carbonyl (C=O) groups excluding carboxylic acids is 1. The molecule has 6 nitrogen and oxygen atoms in total. The number of nitrogens with zero attached hydrogens (tertiary/aromatic N) is 1. The number of hydrogen-bond acceptors (Lipinski definition) is 4. The summed E-state index contributed by atoms with van der Waals surface area (Å²) in [6.45, 7) is 4.21. The van der Waals surface area contributed by atoms with Gasteiger partial charge in [0.2, 0.25) is 0 Å². The van der Waals surface area contributed by atoms with Crippen LogP contribution in [0, 0.1) is 10.1 Å². The highest BCUT2D eigenvalue weighted by Gasteiger charge is 2.14. The molecular formula is C20H18N2O4. The van der Waals surface area contributed by atoms with Crippen molar-refractivity contribution in [2.75, 3.05) is 5.32 Å². The average molecular weight is 350 g/mol. The predicted molar refractivity (Wildman–Crippen MR) is 99.3 cm³/mol. The van der Waals surface area contributed by atoms with Gasteiger partial charge in [-0.2, -0.15) is 0 Å². The van der Waals surface area contributed by atoms with Crippen LogP contribution in [0.4, 0.5) is 11.4 Å². The summed E-state index contributed by atoms with van der Waals surface area (Å²) in [6.07, 6.45) is 0. The molecule has 0 fully saturated rings. The van der Waals surface area contributed by atoms with E-state index in [4.69, 9.17) is 4.42 Å². The molecule has 1 N–H and O–H groups in total. The Labute approximate surface area is 150 Å². The van der Waals surface area contributed by atoms with Crippen molar-refractivity contribution in [1.29, 1.82) is 0 Å². The number of non-ortho nitro benzene ring substituents is 1. The quantitative estimate of drug-likeness (QED) is 0.504. The first-order chi connectivity index (χ1) is 12.4. The Balaban J connectivity index is 1.72. The molecule has 0 bridgehead atoms. The maximum absolute atomic E-state index is 12.3. The molecule has 0 atom stereocenters. The number of anilines is 1. The number of hydrogen-bond donors (Lipinski definition) is 1. The number of carbonyl (C=O) groups is 1. The minimum Gasteiger partial charge on any atom is -0.451 e. The molecule has 1 aromatic heterocycles. The lowest BCUT2D eigenvalue weighted by Crippen LogP contribution is -2.10. The van der Waals surface area contributed by atoms with Crippen molar-refractivity contribution in [1.82, 2.24) is 0 Å². The van der Waals surface area contributed by atoms with Crippen LogP contribution in [0.1, 0.15) is 35.9 Å². The Hall–Kier alpha value is -3.41. The van der Waals surface area contributed by atoms with Gasteiger partial charge in [0.15, 0.2) is 5.76 Å². The van der Waals surface area contributed by atoms with E-state index < -0.39 is 4.92 Å². The number of amides is 1. The molecule has 0 radical (unpaired) electrons. The Kier molecular flexibility index (Phi) is 4.84. The van der Waals surface area contributed by atoms with Crippen molar-refractivity contribution in [2.45, 2.75) is 19.8 Å². The Morgan fingerprint density at radius 2 is 1.65 bits per heavy atom. The van der Waals surface area contributed by atoms with E-state index in [-0.39, 0.29) is 17.4 Å². The van der Waals surface area contributed by atoms with Crippen LogP contribution in [-0.4, -0.2) is 10.8 Å². The molecule has 1 amide bonds. The van der Waals surface area contributed by atoms with Gasteiger partial charge in [-0.25, -0.2) is 0 Å². The lowest BCUT2D eigenvalue weighted by atomic mass is 10.0. The first-order valence-electron chi connectivity index (χ1n) is 8.20. The molecule has 2 aromatic carbocycles. The number of nitro groups is 1. The summed E-state index contributed by atoms with van der Waals surface area (Å²) in [7, 11) is 0. The number of rotatable bonds is 5. The highest BCUT2D eigenvalue weighted by molar-refractivity contribution is 6.02. The van der Waals surface area contributed by atoms with Crippen LogP contribution in [-0.2, 0) is 0 Å². The fraction of sp³-hybridized carbons (Fsp3) is 0.150. The molecule has 0 spiro atoms. The van der Waals surface area contributed by atoms with Crippen LogP contribution < -0.4 is 5.32 Å². The van der Waals surface area contributed by atoms with Gasteiger partial charge >= 0.3 is 0 Å². The SMILES string of the molecule is CC(C)c1ccc(NC(=O)c2ccc(-c3ccc([N+](=O)[O-])cc3)o2)cc1. The van der Waals surface area contributed by atoms with E-state index in [0.717, 1.165) is 0 Å². The minimum absolute atomic E-state index is 0.00289. The number of nitro benzene ring substituents is 1. The van der Waals surface area contributed by atoms with Crippen LogP contribution >= 0.6 is 0 Å².